The topological polar surface area (TPSA) is 49.4 Å². The first-order valence-electron chi connectivity index (χ1n) is 10.9. The SMILES string of the molecule is CC[C@H](C(=O)NC(C)(C)C)N(Cc1ccccc1C)C(=O)CSCc1ccccc1C. The fraction of sp³-hybridized carbons (Fsp3) is 0.462. The lowest BCUT2D eigenvalue weighted by Crippen LogP contribution is -2.53. The normalized spacial score (nSPS) is 12.3. The standard InChI is InChI=1S/C26H36N2O2S/c1-7-23(25(30)27-26(4,5)6)28(16-21-14-10-8-12-19(21)2)24(29)18-31-17-22-15-11-9-13-20(22)3/h8-15,23H,7,16-18H2,1-6H3,(H,27,30)/t23-/m1/s1. The maximum atomic E-state index is 13.3. The van der Waals surface area contributed by atoms with Crippen LogP contribution in [0.3, 0.4) is 0 Å². The van der Waals surface area contributed by atoms with Gasteiger partial charge >= 0.3 is 0 Å². The Morgan fingerprint density at radius 3 is 2.03 bits per heavy atom. The van der Waals surface area contributed by atoms with Gasteiger partial charge in [0.25, 0.3) is 0 Å². The Hall–Kier alpha value is -2.27. The smallest absolute Gasteiger partial charge is 0.243 e. The average Bonchev–Trinajstić information content (AvgIpc) is 2.69. The van der Waals surface area contributed by atoms with Gasteiger partial charge in [-0.2, -0.15) is 0 Å². The van der Waals surface area contributed by atoms with Gasteiger partial charge in [-0.25, -0.2) is 0 Å². The lowest BCUT2D eigenvalue weighted by Gasteiger charge is -2.33. The van der Waals surface area contributed by atoms with Crippen LogP contribution in [0.1, 0.15) is 56.4 Å². The predicted octanol–water partition coefficient (Wildman–Crippen LogP) is 5.26. The molecule has 0 fully saturated rings. The number of rotatable bonds is 9. The highest BCUT2D eigenvalue weighted by Gasteiger charge is 2.30. The second-order valence-electron chi connectivity index (χ2n) is 9.03. The summed E-state index contributed by atoms with van der Waals surface area (Å²) in [5, 5.41) is 3.06. The average molecular weight is 441 g/mol. The number of carbonyl (C=O) groups is 2. The third kappa shape index (κ3) is 7.73. The Morgan fingerprint density at radius 1 is 0.968 bits per heavy atom. The van der Waals surface area contributed by atoms with E-state index in [2.05, 4.69) is 24.4 Å². The Morgan fingerprint density at radius 2 is 1.52 bits per heavy atom. The van der Waals surface area contributed by atoms with E-state index in [9.17, 15) is 9.59 Å². The second-order valence-corrected chi connectivity index (χ2v) is 10.0. The van der Waals surface area contributed by atoms with Gasteiger partial charge in [0.05, 0.1) is 5.75 Å². The fourth-order valence-corrected chi connectivity index (χ4v) is 4.43. The Kier molecular flexibility index (Phi) is 9.17. The van der Waals surface area contributed by atoms with Crippen LogP contribution in [0.5, 0.6) is 0 Å². The molecule has 168 valence electrons. The van der Waals surface area contributed by atoms with Crippen LogP contribution in [0.15, 0.2) is 48.5 Å². The molecule has 1 N–H and O–H groups in total. The molecule has 0 saturated carbocycles. The third-order valence-electron chi connectivity index (χ3n) is 5.23. The van der Waals surface area contributed by atoms with Crippen LogP contribution in [0.2, 0.25) is 0 Å². The summed E-state index contributed by atoms with van der Waals surface area (Å²) >= 11 is 1.60. The summed E-state index contributed by atoms with van der Waals surface area (Å²) < 4.78 is 0. The van der Waals surface area contributed by atoms with Crippen molar-refractivity contribution in [3.05, 3.63) is 70.8 Å². The molecule has 2 aromatic carbocycles. The van der Waals surface area contributed by atoms with Gasteiger partial charge in [-0.15, -0.1) is 11.8 Å². The van der Waals surface area contributed by atoms with Gasteiger partial charge in [-0.3, -0.25) is 9.59 Å². The third-order valence-corrected chi connectivity index (χ3v) is 6.20. The highest BCUT2D eigenvalue weighted by Crippen LogP contribution is 2.20. The van der Waals surface area contributed by atoms with E-state index >= 15 is 0 Å². The molecule has 4 nitrogen and oxygen atoms in total. The lowest BCUT2D eigenvalue weighted by molar-refractivity contribution is -0.140. The molecule has 0 aliphatic rings. The van der Waals surface area contributed by atoms with E-state index in [1.165, 1.54) is 11.1 Å². The van der Waals surface area contributed by atoms with E-state index in [1.807, 2.05) is 71.0 Å². The number of benzene rings is 2. The van der Waals surface area contributed by atoms with Gasteiger partial charge in [0.2, 0.25) is 11.8 Å². The Bertz CT molecular complexity index is 889. The highest BCUT2D eigenvalue weighted by molar-refractivity contribution is 7.99. The molecule has 1 atom stereocenters. The van der Waals surface area contributed by atoms with Gasteiger partial charge in [0.15, 0.2) is 0 Å². The molecule has 0 spiro atoms. The summed E-state index contributed by atoms with van der Waals surface area (Å²) in [5.74, 6) is 1.03. The molecule has 0 aliphatic heterocycles. The number of thioether (sulfide) groups is 1. The van der Waals surface area contributed by atoms with Crippen molar-refractivity contribution in [1.82, 2.24) is 10.2 Å². The zero-order valence-electron chi connectivity index (χ0n) is 19.7. The van der Waals surface area contributed by atoms with E-state index < -0.39 is 6.04 Å². The molecule has 2 amide bonds. The predicted molar refractivity (Wildman–Crippen MR) is 131 cm³/mol. The number of hydrogen-bond acceptors (Lipinski definition) is 3. The maximum absolute atomic E-state index is 13.3. The number of amides is 2. The van der Waals surface area contributed by atoms with Gasteiger partial charge in [-0.05, 0) is 63.3 Å². The number of hydrogen-bond donors (Lipinski definition) is 1. The monoisotopic (exact) mass is 440 g/mol. The zero-order chi connectivity index (χ0) is 23.0. The van der Waals surface area contributed by atoms with Crippen molar-refractivity contribution >= 4 is 23.6 Å². The van der Waals surface area contributed by atoms with Gasteiger partial charge in [0, 0.05) is 17.8 Å². The van der Waals surface area contributed by atoms with Crippen molar-refractivity contribution in [1.29, 1.82) is 0 Å². The van der Waals surface area contributed by atoms with Gasteiger partial charge in [0.1, 0.15) is 6.04 Å². The molecule has 0 radical (unpaired) electrons. The lowest BCUT2D eigenvalue weighted by atomic mass is 10.0. The number of nitrogens with one attached hydrogen (secondary N) is 1. The van der Waals surface area contributed by atoms with Crippen LogP contribution in [0, 0.1) is 13.8 Å². The van der Waals surface area contributed by atoms with E-state index in [4.69, 9.17) is 0 Å². The molecule has 0 aromatic heterocycles. The van der Waals surface area contributed by atoms with Gasteiger partial charge < -0.3 is 10.2 Å². The molecule has 0 unspecified atom stereocenters. The molecule has 0 bridgehead atoms. The van der Waals surface area contributed by atoms with Crippen molar-refractivity contribution < 1.29 is 9.59 Å². The molecule has 0 heterocycles. The van der Waals surface area contributed by atoms with Crippen LogP contribution in [-0.2, 0) is 21.9 Å². The molecular formula is C26H36N2O2S. The summed E-state index contributed by atoms with van der Waals surface area (Å²) in [6.07, 6.45) is 0.571. The highest BCUT2D eigenvalue weighted by atomic mass is 32.2. The summed E-state index contributed by atoms with van der Waals surface area (Å²) in [5.41, 5.74) is 4.32. The maximum Gasteiger partial charge on any atom is 0.243 e. The summed E-state index contributed by atoms with van der Waals surface area (Å²) in [4.78, 5) is 28.1. The molecule has 2 aromatic rings. The minimum absolute atomic E-state index is 0.00209. The summed E-state index contributed by atoms with van der Waals surface area (Å²) in [6, 6.07) is 15.8. The number of nitrogens with zero attached hydrogens (tertiary/aromatic N) is 1. The first-order chi connectivity index (χ1) is 14.6. The summed E-state index contributed by atoms with van der Waals surface area (Å²) in [6.45, 7) is 12.4. The van der Waals surface area contributed by atoms with Crippen LogP contribution >= 0.6 is 11.8 Å². The van der Waals surface area contributed by atoms with Crippen molar-refractivity contribution in [3.63, 3.8) is 0 Å². The first kappa shape index (κ1) is 25.0. The molecule has 31 heavy (non-hydrogen) atoms. The Labute approximate surface area is 191 Å². The van der Waals surface area contributed by atoms with E-state index in [-0.39, 0.29) is 17.4 Å². The zero-order valence-corrected chi connectivity index (χ0v) is 20.5. The minimum atomic E-state index is -0.495. The Balaban J connectivity index is 2.19. The van der Waals surface area contributed by atoms with Crippen molar-refractivity contribution in [2.45, 2.75) is 71.8 Å². The molecular weight excluding hydrogens is 404 g/mol. The molecule has 0 saturated heterocycles. The van der Waals surface area contributed by atoms with E-state index in [1.54, 1.807) is 16.7 Å². The molecule has 0 aliphatic carbocycles. The van der Waals surface area contributed by atoms with Crippen molar-refractivity contribution in [2.24, 2.45) is 0 Å². The number of aryl methyl sites for hydroxylation is 2. The van der Waals surface area contributed by atoms with Crippen LogP contribution in [-0.4, -0.2) is 34.0 Å². The van der Waals surface area contributed by atoms with E-state index in [0.717, 1.165) is 16.9 Å². The van der Waals surface area contributed by atoms with Crippen LogP contribution in [0.4, 0.5) is 0 Å². The minimum Gasteiger partial charge on any atom is -0.350 e. The van der Waals surface area contributed by atoms with Crippen LogP contribution in [0.25, 0.3) is 0 Å². The molecule has 2 rings (SSSR count). The van der Waals surface area contributed by atoms with Crippen molar-refractivity contribution in [2.75, 3.05) is 5.75 Å². The quantitative estimate of drug-likeness (QED) is 0.579. The van der Waals surface area contributed by atoms with E-state index in [0.29, 0.717) is 18.7 Å². The van der Waals surface area contributed by atoms with Crippen LogP contribution < -0.4 is 5.32 Å². The second kappa shape index (κ2) is 11.4. The van der Waals surface area contributed by atoms with Crippen molar-refractivity contribution in [3.8, 4) is 0 Å². The first-order valence-corrected chi connectivity index (χ1v) is 12.1. The van der Waals surface area contributed by atoms with Gasteiger partial charge in [-0.1, -0.05) is 55.5 Å². The largest absolute Gasteiger partial charge is 0.350 e. The fourth-order valence-electron chi connectivity index (χ4n) is 3.45. The molecule has 5 heteroatoms. The number of carbonyl (C=O) groups excluding carboxylic acids is 2. The summed E-state index contributed by atoms with van der Waals surface area (Å²) in [7, 11) is 0.